The Morgan fingerprint density at radius 2 is 1.91 bits per heavy atom. The molecule has 0 spiro atoms. The molecule has 4 nitrogen and oxygen atoms in total. The first-order valence-corrected chi connectivity index (χ1v) is 8.54. The number of thioether (sulfide) groups is 1. The zero-order valence-corrected chi connectivity index (χ0v) is 13.4. The molecule has 1 aliphatic carbocycles. The molecule has 112 valence electrons. The number of fused-ring (bicyclic) bond motifs is 4. The highest BCUT2D eigenvalue weighted by molar-refractivity contribution is 8.00. The fraction of sp³-hybridized carbons (Fsp3) is 0.167. The van der Waals surface area contributed by atoms with Crippen LogP contribution < -0.4 is 0 Å². The van der Waals surface area contributed by atoms with E-state index in [1.54, 1.807) is 11.8 Å². The van der Waals surface area contributed by atoms with Gasteiger partial charge in [-0.2, -0.15) is 9.78 Å². The zero-order chi connectivity index (χ0) is 15.4. The Bertz CT molecular complexity index is 943. The maximum absolute atomic E-state index is 4.91. The van der Waals surface area contributed by atoms with Crippen molar-refractivity contribution in [2.45, 2.75) is 23.8 Å². The van der Waals surface area contributed by atoms with Gasteiger partial charge in [-0.1, -0.05) is 60.3 Å². The van der Waals surface area contributed by atoms with Crippen LogP contribution in [0.3, 0.4) is 0 Å². The van der Waals surface area contributed by atoms with Gasteiger partial charge < -0.3 is 0 Å². The fourth-order valence-electron chi connectivity index (χ4n) is 3.32. The Balaban J connectivity index is 1.68. The molecule has 2 aromatic carbocycles. The summed E-state index contributed by atoms with van der Waals surface area (Å²) in [5.74, 6) is 0.806. The molecule has 3 aromatic rings. The average molecular weight is 318 g/mol. The molecule has 5 heteroatoms. The molecule has 1 unspecified atom stereocenters. The van der Waals surface area contributed by atoms with Crippen LogP contribution >= 0.6 is 11.8 Å². The molecule has 0 N–H and O–H groups in total. The molecule has 1 aliphatic heterocycles. The number of benzene rings is 2. The monoisotopic (exact) mass is 318 g/mol. The summed E-state index contributed by atoms with van der Waals surface area (Å²) in [4.78, 5) is 0. The number of aromatic nitrogens is 3. The predicted molar refractivity (Wildman–Crippen MR) is 91.9 cm³/mol. The molecule has 0 amide bonds. The van der Waals surface area contributed by atoms with E-state index in [2.05, 4.69) is 35.3 Å². The maximum Gasteiger partial charge on any atom is 0.213 e. The van der Waals surface area contributed by atoms with Crippen molar-refractivity contribution >= 4 is 17.5 Å². The van der Waals surface area contributed by atoms with E-state index in [9.17, 15) is 0 Å². The molecule has 2 aliphatic rings. The second-order valence-electron chi connectivity index (χ2n) is 5.88. The molecule has 0 fully saturated rings. The topological polar surface area (TPSA) is 43.1 Å². The van der Waals surface area contributed by atoms with Crippen molar-refractivity contribution in [1.29, 1.82) is 0 Å². The number of aryl methyl sites for hydroxylation is 1. The second kappa shape index (κ2) is 4.80. The van der Waals surface area contributed by atoms with Gasteiger partial charge in [-0.25, -0.2) is 0 Å². The first kappa shape index (κ1) is 13.1. The predicted octanol–water partition coefficient (Wildman–Crippen LogP) is 3.54. The average Bonchev–Trinajstić information content (AvgIpc) is 3.15. The standard InChI is InChI=1S/C18H14N4S/c1-11-6-5-9-13-14(11)10-15-16(13)21-22-17(19-20-18(22)23-15)12-7-3-2-4-8-12/h2-9,15H,10H2,1H3. The summed E-state index contributed by atoms with van der Waals surface area (Å²) in [6.45, 7) is 2.18. The quantitative estimate of drug-likeness (QED) is 0.689. The Hall–Kier alpha value is -2.40. The molecule has 2 heterocycles. The molecule has 0 radical (unpaired) electrons. The number of hydrogen-bond acceptors (Lipinski definition) is 4. The van der Waals surface area contributed by atoms with Crippen LogP contribution in [0.2, 0.25) is 0 Å². The van der Waals surface area contributed by atoms with Gasteiger partial charge in [-0.15, -0.1) is 10.2 Å². The van der Waals surface area contributed by atoms with Crippen LogP contribution in [0.25, 0.3) is 11.4 Å². The van der Waals surface area contributed by atoms with Gasteiger partial charge >= 0.3 is 0 Å². The van der Waals surface area contributed by atoms with Crippen molar-refractivity contribution < 1.29 is 0 Å². The van der Waals surface area contributed by atoms with Crippen molar-refractivity contribution in [3.63, 3.8) is 0 Å². The Labute approximate surface area is 138 Å². The van der Waals surface area contributed by atoms with E-state index in [0.29, 0.717) is 5.25 Å². The molecule has 1 aromatic heterocycles. The van der Waals surface area contributed by atoms with Crippen molar-refractivity contribution in [1.82, 2.24) is 14.9 Å². The molecular formula is C18H14N4S. The largest absolute Gasteiger partial charge is 0.213 e. The fourth-order valence-corrected chi connectivity index (χ4v) is 4.42. The third-order valence-corrected chi connectivity index (χ3v) is 5.62. The van der Waals surface area contributed by atoms with Crippen molar-refractivity contribution in [3.8, 4) is 11.4 Å². The molecule has 0 saturated carbocycles. The van der Waals surface area contributed by atoms with E-state index in [0.717, 1.165) is 28.7 Å². The molecule has 1 atom stereocenters. The number of rotatable bonds is 1. The summed E-state index contributed by atoms with van der Waals surface area (Å²) in [6.07, 6.45) is 1.03. The van der Waals surface area contributed by atoms with Gasteiger partial charge in [0, 0.05) is 11.1 Å². The van der Waals surface area contributed by atoms with Gasteiger partial charge in [0.25, 0.3) is 0 Å². The van der Waals surface area contributed by atoms with Crippen LogP contribution in [0, 0.1) is 6.92 Å². The summed E-state index contributed by atoms with van der Waals surface area (Å²) >= 11 is 1.77. The SMILES string of the molecule is Cc1cccc2c1CC1Sc3nnc(-c4ccccc4)n3N=C21. The number of hydrogen-bond donors (Lipinski definition) is 0. The van der Waals surface area contributed by atoms with Crippen LogP contribution in [0.15, 0.2) is 58.8 Å². The molecule has 0 saturated heterocycles. The van der Waals surface area contributed by atoms with Gasteiger partial charge in [0.2, 0.25) is 5.16 Å². The van der Waals surface area contributed by atoms with Crippen molar-refractivity contribution in [3.05, 3.63) is 65.2 Å². The third kappa shape index (κ3) is 1.90. The lowest BCUT2D eigenvalue weighted by atomic mass is 10.0. The third-order valence-electron chi connectivity index (χ3n) is 4.48. The highest BCUT2D eigenvalue weighted by atomic mass is 32.2. The Morgan fingerprint density at radius 3 is 2.78 bits per heavy atom. The first-order chi connectivity index (χ1) is 11.3. The van der Waals surface area contributed by atoms with Crippen molar-refractivity contribution in [2.75, 3.05) is 0 Å². The van der Waals surface area contributed by atoms with Crippen LogP contribution in [0.4, 0.5) is 0 Å². The first-order valence-electron chi connectivity index (χ1n) is 7.66. The highest BCUT2D eigenvalue weighted by Gasteiger charge is 2.35. The van der Waals surface area contributed by atoms with Crippen LogP contribution in [-0.4, -0.2) is 25.8 Å². The normalized spacial score (nSPS) is 18.1. The summed E-state index contributed by atoms with van der Waals surface area (Å²) in [5.41, 5.74) is 6.24. The zero-order valence-electron chi connectivity index (χ0n) is 12.6. The van der Waals surface area contributed by atoms with E-state index in [4.69, 9.17) is 5.10 Å². The van der Waals surface area contributed by atoms with E-state index in [1.165, 1.54) is 16.7 Å². The second-order valence-corrected chi connectivity index (χ2v) is 7.05. The Kier molecular flexibility index (Phi) is 2.73. The lowest BCUT2D eigenvalue weighted by Gasteiger charge is -2.17. The molecule has 0 bridgehead atoms. The van der Waals surface area contributed by atoms with Crippen LogP contribution in [0.1, 0.15) is 16.7 Å². The molecule has 5 rings (SSSR count). The summed E-state index contributed by atoms with van der Waals surface area (Å²) in [7, 11) is 0. The lowest BCUT2D eigenvalue weighted by molar-refractivity contribution is 0.753. The summed E-state index contributed by atoms with van der Waals surface area (Å²) < 4.78 is 1.89. The molecule has 23 heavy (non-hydrogen) atoms. The smallest absolute Gasteiger partial charge is 0.186 e. The van der Waals surface area contributed by atoms with Crippen molar-refractivity contribution in [2.24, 2.45) is 5.10 Å². The van der Waals surface area contributed by atoms with E-state index in [1.807, 2.05) is 35.0 Å². The molecular weight excluding hydrogens is 304 g/mol. The number of nitrogens with zero attached hydrogens (tertiary/aromatic N) is 4. The minimum absolute atomic E-state index is 0.353. The van der Waals surface area contributed by atoms with Gasteiger partial charge in [-0.05, 0) is 24.5 Å². The van der Waals surface area contributed by atoms with Crippen LogP contribution in [-0.2, 0) is 6.42 Å². The van der Waals surface area contributed by atoms with Gasteiger partial charge in [0.05, 0.1) is 11.0 Å². The summed E-state index contributed by atoms with van der Waals surface area (Å²) in [6, 6.07) is 16.6. The van der Waals surface area contributed by atoms with Crippen LogP contribution in [0.5, 0.6) is 0 Å². The minimum atomic E-state index is 0.353. The summed E-state index contributed by atoms with van der Waals surface area (Å²) in [5, 5.41) is 14.8. The maximum atomic E-state index is 4.91. The highest BCUT2D eigenvalue weighted by Crippen LogP contribution is 2.39. The van der Waals surface area contributed by atoms with E-state index in [-0.39, 0.29) is 0 Å². The van der Waals surface area contributed by atoms with E-state index >= 15 is 0 Å². The van der Waals surface area contributed by atoms with Gasteiger partial charge in [0.1, 0.15) is 0 Å². The van der Waals surface area contributed by atoms with E-state index < -0.39 is 0 Å². The van der Waals surface area contributed by atoms with Gasteiger partial charge in [0.15, 0.2) is 5.82 Å². The minimum Gasteiger partial charge on any atom is -0.186 e. The lowest BCUT2D eigenvalue weighted by Crippen LogP contribution is -2.20. The Morgan fingerprint density at radius 1 is 1.04 bits per heavy atom. The van der Waals surface area contributed by atoms with Gasteiger partial charge in [-0.3, -0.25) is 0 Å².